The van der Waals surface area contributed by atoms with Crippen molar-refractivity contribution in [2.24, 2.45) is 5.41 Å². The predicted octanol–water partition coefficient (Wildman–Crippen LogP) is 1.32. The number of carbonyl (C=O) groups is 1. The van der Waals surface area contributed by atoms with Crippen molar-refractivity contribution in [3.8, 4) is 0 Å². The van der Waals surface area contributed by atoms with E-state index in [0.717, 1.165) is 5.56 Å². The highest BCUT2D eigenvalue weighted by Gasteiger charge is 2.41. The lowest BCUT2D eigenvalue weighted by Gasteiger charge is -2.43. The molecular formula is C16H23NO5. The van der Waals surface area contributed by atoms with Gasteiger partial charge in [-0.2, -0.15) is 0 Å². The zero-order chi connectivity index (χ0) is 16.0. The highest BCUT2D eigenvalue weighted by Crippen LogP contribution is 2.35. The summed E-state index contributed by atoms with van der Waals surface area (Å²) >= 11 is 0. The van der Waals surface area contributed by atoms with Gasteiger partial charge in [0.05, 0.1) is 25.9 Å². The summed E-state index contributed by atoms with van der Waals surface area (Å²) < 4.78 is 5.74. The Kier molecular flexibility index (Phi) is 5.76. The monoisotopic (exact) mass is 309 g/mol. The van der Waals surface area contributed by atoms with Crippen LogP contribution in [0.15, 0.2) is 30.3 Å². The summed E-state index contributed by atoms with van der Waals surface area (Å²) in [6.07, 6.45) is -0.887. The van der Waals surface area contributed by atoms with Gasteiger partial charge in [-0.05, 0) is 18.4 Å². The van der Waals surface area contributed by atoms with Crippen LogP contribution < -0.4 is 0 Å². The van der Waals surface area contributed by atoms with Gasteiger partial charge in [0.1, 0.15) is 0 Å². The molecule has 1 unspecified atom stereocenters. The van der Waals surface area contributed by atoms with Crippen LogP contribution in [0.2, 0.25) is 0 Å². The fourth-order valence-electron chi connectivity index (χ4n) is 2.86. The van der Waals surface area contributed by atoms with Crippen molar-refractivity contribution in [1.29, 1.82) is 0 Å². The molecule has 1 fully saturated rings. The van der Waals surface area contributed by atoms with E-state index in [1.165, 1.54) is 4.90 Å². The average Bonchev–Trinajstić information content (AvgIpc) is 2.55. The van der Waals surface area contributed by atoms with Crippen LogP contribution in [0.5, 0.6) is 0 Å². The Labute approximate surface area is 129 Å². The summed E-state index contributed by atoms with van der Waals surface area (Å²) in [5, 5.41) is 28.5. The van der Waals surface area contributed by atoms with Gasteiger partial charge in [-0.1, -0.05) is 30.3 Å². The molecule has 1 aromatic carbocycles. The number of rotatable bonds is 6. The smallest absolute Gasteiger partial charge is 0.407 e. The van der Waals surface area contributed by atoms with Gasteiger partial charge in [-0.25, -0.2) is 4.79 Å². The number of hydrogen-bond donors (Lipinski definition) is 3. The van der Waals surface area contributed by atoms with E-state index in [2.05, 4.69) is 0 Å². The van der Waals surface area contributed by atoms with Gasteiger partial charge >= 0.3 is 6.09 Å². The normalized spacial score (nSPS) is 18.9. The number of aliphatic hydroxyl groups is 2. The SMILES string of the molecule is O=C(O)N1CCC(COCc2ccccc2)(C(O)CO)CC1. The Morgan fingerprint density at radius 2 is 1.91 bits per heavy atom. The topological polar surface area (TPSA) is 90.2 Å². The van der Waals surface area contributed by atoms with E-state index >= 15 is 0 Å². The van der Waals surface area contributed by atoms with Crippen LogP contribution in [-0.2, 0) is 11.3 Å². The van der Waals surface area contributed by atoms with Crippen molar-refractivity contribution >= 4 is 6.09 Å². The van der Waals surface area contributed by atoms with Gasteiger partial charge in [0.25, 0.3) is 0 Å². The van der Waals surface area contributed by atoms with Gasteiger partial charge in [0.2, 0.25) is 0 Å². The molecule has 1 aliphatic rings. The predicted molar refractivity (Wildman–Crippen MR) is 80.5 cm³/mol. The molecule has 0 aromatic heterocycles. The van der Waals surface area contributed by atoms with Crippen molar-refractivity contribution < 1.29 is 24.9 Å². The Morgan fingerprint density at radius 3 is 2.45 bits per heavy atom. The molecule has 1 atom stereocenters. The van der Waals surface area contributed by atoms with Crippen molar-refractivity contribution in [1.82, 2.24) is 4.90 Å². The van der Waals surface area contributed by atoms with Crippen molar-refractivity contribution in [3.05, 3.63) is 35.9 Å². The number of amides is 1. The fourth-order valence-corrected chi connectivity index (χ4v) is 2.86. The van der Waals surface area contributed by atoms with Gasteiger partial charge in [-0.3, -0.25) is 0 Å². The van der Waals surface area contributed by atoms with Crippen molar-refractivity contribution in [2.45, 2.75) is 25.6 Å². The van der Waals surface area contributed by atoms with Crippen molar-refractivity contribution in [3.63, 3.8) is 0 Å². The minimum atomic E-state index is -0.947. The van der Waals surface area contributed by atoms with Crippen LogP contribution >= 0.6 is 0 Å². The van der Waals surface area contributed by atoms with Crippen molar-refractivity contribution in [2.75, 3.05) is 26.3 Å². The minimum Gasteiger partial charge on any atom is -0.465 e. The molecule has 22 heavy (non-hydrogen) atoms. The summed E-state index contributed by atoms with van der Waals surface area (Å²) in [6.45, 7) is 1.09. The van der Waals surface area contributed by atoms with Crippen LogP contribution in [-0.4, -0.2) is 58.7 Å². The van der Waals surface area contributed by atoms with E-state index in [-0.39, 0.29) is 6.61 Å². The summed E-state index contributed by atoms with van der Waals surface area (Å²) in [4.78, 5) is 12.3. The third-order valence-electron chi connectivity index (χ3n) is 4.41. The molecule has 1 saturated heterocycles. The van der Waals surface area contributed by atoms with E-state index in [1.54, 1.807) is 0 Å². The van der Waals surface area contributed by atoms with E-state index in [1.807, 2.05) is 30.3 Å². The first-order chi connectivity index (χ1) is 10.6. The second kappa shape index (κ2) is 7.58. The third kappa shape index (κ3) is 3.97. The zero-order valence-electron chi connectivity index (χ0n) is 12.5. The molecule has 1 aromatic rings. The van der Waals surface area contributed by atoms with E-state index in [9.17, 15) is 15.0 Å². The number of hydrogen-bond acceptors (Lipinski definition) is 4. The molecule has 0 bridgehead atoms. The number of nitrogens with zero attached hydrogens (tertiary/aromatic N) is 1. The van der Waals surface area contributed by atoms with Gasteiger partial charge in [-0.15, -0.1) is 0 Å². The molecule has 0 spiro atoms. The van der Waals surface area contributed by atoms with E-state index in [0.29, 0.717) is 39.1 Å². The Hall–Kier alpha value is -1.63. The third-order valence-corrected chi connectivity index (χ3v) is 4.41. The highest BCUT2D eigenvalue weighted by atomic mass is 16.5. The molecule has 122 valence electrons. The van der Waals surface area contributed by atoms with Crippen LogP contribution in [0.25, 0.3) is 0 Å². The summed E-state index contributed by atoms with van der Waals surface area (Å²) in [5.41, 5.74) is 0.453. The average molecular weight is 309 g/mol. The van der Waals surface area contributed by atoms with Gasteiger partial charge in [0, 0.05) is 18.5 Å². The molecule has 3 N–H and O–H groups in total. The second-order valence-corrected chi connectivity index (χ2v) is 5.81. The largest absolute Gasteiger partial charge is 0.465 e. The van der Waals surface area contributed by atoms with Crippen LogP contribution in [0.1, 0.15) is 18.4 Å². The lowest BCUT2D eigenvalue weighted by Crippen LogP contribution is -2.51. The molecule has 0 radical (unpaired) electrons. The molecular weight excluding hydrogens is 286 g/mol. The Morgan fingerprint density at radius 1 is 1.27 bits per heavy atom. The van der Waals surface area contributed by atoms with E-state index < -0.39 is 17.6 Å². The number of likely N-dealkylation sites (tertiary alicyclic amines) is 1. The molecule has 1 aliphatic heterocycles. The maximum Gasteiger partial charge on any atom is 0.407 e. The number of ether oxygens (including phenoxy) is 1. The van der Waals surface area contributed by atoms with Gasteiger partial charge in [0.15, 0.2) is 0 Å². The molecule has 0 aliphatic carbocycles. The summed E-state index contributed by atoms with van der Waals surface area (Å²) in [7, 11) is 0. The molecule has 0 saturated carbocycles. The highest BCUT2D eigenvalue weighted by molar-refractivity contribution is 5.65. The molecule has 6 nitrogen and oxygen atoms in total. The quantitative estimate of drug-likeness (QED) is 0.737. The lowest BCUT2D eigenvalue weighted by atomic mass is 9.74. The van der Waals surface area contributed by atoms with Crippen LogP contribution in [0.4, 0.5) is 4.79 Å². The maximum atomic E-state index is 11.0. The minimum absolute atomic E-state index is 0.303. The van der Waals surface area contributed by atoms with Gasteiger partial charge < -0.3 is 25.0 Å². The first kappa shape index (κ1) is 16.7. The Bertz CT molecular complexity index is 471. The second-order valence-electron chi connectivity index (χ2n) is 5.81. The van der Waals surface area contributed by atoms with Crippen LogP contribution in [0.3, 0.4) is 0 Å². The molecule has 2 rings (SSSR count). The first-order valence-corrected chi connectivity index (χ1v) is 7.46. The maximum absolute atomic E-state index is 11.0. The zero-order valence-corrected chi connectivity index (χ0v) is 12.5. The standard InChI is InChI=1S/C16H23NO5/c18-10-14(19)16(6-8-17(9-7-16)15(20)21)12-22-11-13-4-2-1-3-5-13/h1-5,14,18-19H,6-12H2,(H,20,21). The number of carboxylic acid groups (broad SMARTS) is 1. The fraction of sp³-hybridized carbons (Fsp3) is 0.562. The molecule has 6 heteroatoms. The molecule has 1 heterocycles. The van der Waals surface area contributed by atoms with Crippen LogP contribution in [0, 0.1) is 5.41 Å². The number of benzene rings is 1. The Balaban J connectivity index is 1.94. The molecule has 1 amide bonds. The first-order valence-electron chi connectivity index (χ1n) is 7.46. The number of piperidine rings is 1. The van der Waals surface area contributed by atoms with E-state index in [4.69, 9.17) is 9.84 Å². The summed E-state index contributed by atoms with van der Waals surface area (Å²) in [6, 6.07) is 9.72. The lowest BCUT2D eigenvalue weighted by molar-refractivity contribution is -0.0958. The summed E-state index contributed by atoms with van der Waals surface area (Å²) in [5.74, 6) is 0. The number of aliphatic hydroxyl groups excluding tert-OH is 2.